The molecule has 2 aliphatic heterocycles. The number of likely N-dealkylation sites (tertiary alicyclic amines) is 1. The van der Waals surface area contributed by atoms with E-state index in [2.05, 4.69) is 5.32 Å². The van der Waals surface area contributed by atoms with E-state index < -0.39 is 22.1 Å². The molecule has 31 heavy (non-hydrogen) atoms. The maximum absolute atomic E-state index is 12.5. The number of alkyl halides is 1. The molecule has 0 radical (unpaired) electrons. The highest BCUT2D eigenvalue weighted by Crippen LogP contribution is 2.27. The Hall–Kier alpha value is -3.01. The zero-order valence-electron chi connectivity index (χ0n) is 17.0. The molecule has 3 rings (SSSR count). The monoisotopic (exact) mass is 450 g/mol. The number of imide groups is 1. The van der Waals surface area contributed by atoms with Gasteiger partial charge in [-0.05, 0) is 32.3 Å². The first-order chi connectivity index (χ1) is 14.7. The summed E-state index contributed by atoms with van der Waals surface area (Å²) >= 11 is 5.75. The molecule has 2 heterocycles. The lowest BCUT2D eigenvalue weighted by atomic mass is 10.0. The number of hydrogen-bond donors (Lipinski definition) is 1. The summed E-state index contributed by atoms with van der Waals surface area (Å²) in [4.78, 5) is 62.0. The van der Waals surface area contributed by atoms with Crippen LogP contribution in [-0.2, 0) is 9.59 Å². The third-order valence-corrected chi connectivity index (χ3v) is 5.69. The van der Waals surface area contributed by atoms with E-state index in [1.807, 2.05) is 0 Å². The topological polar surface area (TPSA) is 130 Å². The van der Waals surface area contributed by atoms with Gasteiger partial charge in [0.25, 0.3) is 17.5 Å². The molecule has 2 aliphatic rings. The number of nitrogens with one attached hydrogen (secondary N) is 1. The second-order valence-corrected chi connectivity index (χ2v) is 8.29. The van der Waals surface area contributed by atoms with Gasteiger partial charge in [-0.2, -0.15) is 0 Å². The molecule has 0 aliphatic carbocycles. The van der Waals surface area contributed by atoms with E-state index >= 15 is 0 Å². The maximum atomic E-state index is 12.5. The zero-order valence-corrected chi connectivity index (χ0v) is 17.8. The van der Waals surface area contributed by atoms with Gasteiger partial charge in [0.15, 0.2) is 0 Å². The lowest BCUT2D eigenvalue weighted by molar-refractivity contribution is -0.384. The minimum atomic E-state index is -0.621. The highest BCUT2D eigenvalue weighted by atomic mass is 35.5. The van der Waals surface area contributed by atoms with Crippen LogP contribution in [0.4, 0.5) is 5.69 Å². The third-order valence-electron chi connectivity index (χ3n) is 5.49. The summed E-state index contributed by atoms with van der Waals surface area (Å²) in [7, 11) is 0. The van der Waals surface area contributed by atoms with Crippen molar-refractivity contribution in [3.63, 3.8) is 0 Å². The Kier molecular flexibility index (Phi) is 6.89. The Bertz CT molecular complexity index is 926. The Morgan fingerprint density at radius 1 is 1.23 bits per heavy atom. The molecule has 166 valence electrons. The Balaban J connectivity index is 1.47. The first kappa shape index (κ1) is 22.7. The van der Waals surface area contributed by atoms with Crippen molar-refractivity contribution in [1.29, 1.82) is 0 Å². The van der Waals surface area contributed by atoms with Crippen molar-refractivity contribution in [2.24, 2.45) is 0 Å². The van der Waals surface area contributed by atoms with Crippen molar-refractivity contribution in [2.75, 3.05) is 19.6 Å². The van der Waals surface area contributed by atoms with Crippen LogP contribution in [0.25, 0.3) is 0 Å². The van der Waals surface area contributed by atoms with E-state index in [0.717, 1.165) is 11.0 Å². The number of nitrogens with zero attached hydrogens (tertiary/aromatic N) is 3. The SMILES string of the molecule is CC(Cl)C(=O)NC1CCN(C(=O)CCCN2C(=O)c3ccc([N+](=O)[O-])cc3C2=O)CC1. The molecule has 1 aromatic rings. The number of nitro benzene ring substituents is 1. The molecule has 1 unspecified atom stereocenters. The summed E-state index contributed by atoms with van der Waals surface area (Å²) in [6.45, 7) is 2.69. The Labute approximate surface area is 183 Å². The van der Waals surface area contributed by atoms with Crippen LogP contribution in [0.1, 0.15) is 53.3 Å². The normalized spacial score (nSPS) is 17.5. The quantitative estimate of drug-likeness (QED) is 0.291. The molecular weight excluding hydrogens is 428 g/mol. The van der Waals surface area contributed by atoms with Gasteiger partial charge in [-0.1, -0.05) is 0 Å². The van der Waals surface area contributed by atoms with Gasteiger partial charge >= 0.3 is 0 Å². The average Bonchev–Trinajstić information content (AvgIpc) is 2.98. The molecule has 11 heteroatoms. The van der Waals surface area contributed by atoms with Crippen molar-refractivity contribution < 1.29 is 24.1 Å². The number of benzene rings is 1. The van der Waals surface area contributed by atoms with Crippen molar-refractivity contribution in [1.82, 2.24) is 15.1 Å². The molecular formula is C20H23ClN4O6. The summed E-state index contributed by atoms with van der Waals surface area (Å²) in [5, 5.41) is 13.1. The van der Waals surface area contributed by atoms with Crippen molar-refractivity contribution >= 4 is 40.9 Å². The highest BCUT2D eigenvalue weighted by Gasteiger charge is 2.36. The number of rotatable bonds is 7. The maximum Gasteiger partial charge on any atom is 0.270 e. The number of amides is 4. The number of nitro groups is 1. The van der Waals surface area contributed by atoms with Crippen LogP contribution in [0.3, 0.4) is 0 Å². The van der Waals surface area contributed by atoms with Crippen LogP contribution < -0.4 is 5.32 Å². The van der Waals surface area contributed by atoms with Crippen LogP contribution in [0, 0.1) is 10.1 Å². The van der Waals surface area contributed by atoms with Gasteiger partial charge in [-0.3, -0.25) is 34.2 Å². The third kappa shape index (κ3) is 5.01. The van der Waals surface area contributed by atoms with Gasteiger partial charge in [0.05, 0.1) is 16.1 Å². The van der Waals surface area contributed by atoms with Gasteiger partial charge in [0.2, 0.25) is 11.8 Å². The number of hydrogen-bond acceptors (Lipinski definition) is 6. The van der Waals surface area contributed by atoms with Gasteiger partial charge in [0, 0.05) is 44.2 Å². The minimum Gasteiger partial charge on any atom is -0.352 e. The largest absolute Gasteiger partial charge is 0.352 e. The van der Waals surface area contributed by atoms with Crippen LogP contribution >= 0.6 is 11.6 Å². The smallest absolute Gasteiger partial charge is 0.270 e. The average molecular weight is 451 g/mol. The second kappa shape index (κ2) is 9.42. The summed E-state index contributed by atoms with van der Waals surface area (Å²) in [5.74, 6) is -1.39. The zero-order chi connectivity index (χ0) is 22.7. The van der Waals surface area contributed by atoms with Gasteiger partial charge in [-0.15, -0.1) is 11.6 Å². The molecule has 1 N–H and O–H groups in total. The second-order valence-electron chi connectivity index (χ2n) is 7.63. The van der Waals surface area contributed by atoms with E-state index in [-0.39, 0.29) is 47.6 Å². The highest BCUT2D eigenvalue weighted by molar-refractivity contribution is 6.30. The molecule has 1 atom stereocenters. The minimum absolute atomic E-state index is 0.0137. The Morgan fingerprint density at radius 2 is 1.87 bits per heavy atom. The summed E-state index contributed by atoms with van der Waals surface area (Å²) < 4.78 is 0. The van der Waals surface area contributed by atoms with Crippen molar-refractivity contribution in [3.8, 4) is 0 Å². The Morgan fingerprint density at radius 3 is 2.48 bits per heavy atom. The molecule has 1 fully saturated rings. The van der Waals surface area contributed by atoms with Crippen LogP contribution in [0.15, 0.2) is 18.2 Å². The number of carbonyl (C=O) groups is 4. The first-order valence-electron chi connectivity index (χ1n) is 10.1. The van der Waals surface area contributed by atoms with E-state index in [1.165, 1.54) is 12.1 Å². The first-order valence-corrected chi connectivity index (χ1v) is 10.5. The summed E-state index contributed by atoms with van der Waals surface area (Å²) in [6, 6.07) is 3.57. The van der Waals surface area contributed by atoms with E-state index in [0.29, 0.717) is 32.4 Å². The van der Waals surface area contributed by atoms with Gasteiger partial charge in [-0.25, -0.2) is 0 Å². The van der Waals surface area contributed by atoms with Gasteiger partial charge in [0.1, 0.15) is 5.38 Å². The number of piperidine rings is 1. The molecule has 1 aromatic carbocycles. The number of halogens is 1. The molecule has 0 spiro atoms. The van der Waals surface area contributed by atoms with Gasteiger partial charge < -0.3 is 10.2 Å². The summed E-state index contributed by atoms with van der Waals surface area (Å²) in [6.07, 6.45) is 1.74. The number of carbonyl (C=O) groups excluding carboxylic acids is 4. The van der Waals surface area contributed by atoms with Crippen molar-refractivity contribution in [2.45, 2.75) is 44.0 Å². The number of fused-ring (bicyclic) bond motifs is 1. The standard InChI is InChI=1S/C20H23ClN4O6/c1-12(21)18(27)22-13-6-9-23(10-7-13)17(26)3-2-8-24-19(28)15-5-4-14(25(30)31)11-16(15)20(24)29/h4-5,11-13H,2-3,6-10H2,1H3,(H,22,27). The fourth-order valence-electron chi connectivity index (χ4n) is 3.73. The van der Waals surface area contributed by atoms with E-state index in [1.54, 1.807) is 11.8 Å². The van der Waals surface area contributed by atoms with E-state index in [9.17, 15) is 29.3 Å². The number of non-ortho nitro benzene ring substituents is 1. The lowest BCUT2D eigenvalue weighted by Gasteiger charge is -2.32. The fraction of sp³-hybridized carbons (Fsp3) is 0.500. The molecule has 1 saturated heterocycles. The summed E-state index contributed by atoms with van der Waals surface area (Å²) in [5.41, 5.74) is -0.102. The van der Waals surface area contributed by atoms with Crippen LogP contribution in [0.2, 0.25) is 0 Å². The lowest BCUT2D eigenvalue weighted by Crippen LogP contribution is -2.47. The molecule has 10 nitrogen and oxygen atoms in total. The molecule has 0 aromatic heterocycles. The fourth-order valence-corrected chi connectivity index (χ4v) is 3.79. The van der Waals surface area contributed by atoms with Crippen LogP contribution in [0.5, 0.6) is 0 Å². The van der Waals surface area contributed by atoms with Crippen molar-refractivity contribution in [3.05, 3.63) is 39.4 Å². The van der Waals surface area contributed by atoms with E-state index in [4.69, 9.17) is 11.6 Å². The predicted octanol–water partition coefficient (Wildman–Crippen LogP) is 1.71. The molecule has 0 bridgehead atoms. The predicted molar refractivity (Wildman–Crippen MR) is 111 cm³/mol. The molecule has 0 saturated carbocycles. The molecule has 4 amide bonds. The van der Waals surface area contributed by atoms with Crippen LogP contribution in [-0.4, -0.2) is 69.4 Å².